The van der Waals surface area contributed by atoms with Gasteiger partial charge in [-0.3, -0.25) is 14.4 Å². The van der Waals surface area contributed by atoms with E-state index in [1.165, 1.54) is 0 Å². The summed E-state index contributed by atoms with van der Waals surface area (Å²) in [5.74, 6) is 0.973. The van der Waals surface area contributed by atoms with E-state index < -0.39 is 0 Å². The fourth-order valence-corrected chi connectivity index (χ4v) is 3.13. The smallest absolute Gasteiger partial charge is 0.200 e. The monoisotopic (exact) mass is 263 g/mol. The highest BCUT2D eigenvalue weighted by atomic mass is 16.1. The lowest BCUT2D eigenvalue weighted by molar-refractivity contribution is 0.0502. The van der Waals surface area contributed by atoms with Crippen molar-refractivity contribution < 1.29 is 4.79 Å². The highest BCUT2D eigenvalue weighted by Crippen LogP contribution is 2.37. The van der Waals surface area contributed by atoms with E-state index in [0.717, 1.165) is 43.8 Å². The lowest BCUT2D eigenvalue weighted by Gasteiger charge is -2.43. The van der Waals surface area contributed by atoms with E-state index in [1.54, 1.807) is 6.20 Å². The minimum Gasteiger partial charge on any atom is -0.297 e. The highest BCUT2D eigenvalue weighted by molar-refractivity contribution is 6.02. The molecule has 2 rings (SSSR count). The number of nitrogens with zero attached hydrogens (tertiary/aromatic N) is 3. The number of Topliss-reactive ketones (excluding diaryl/α,β-unsaturated/α-hetero) is 1. The number of aromatic nitrogens is 2. The first-order valence-electron chi connectivity index (χ1n) is 7.25. The molecule has 1 aromatic rings. The number of carbonyl (C=O) groups is 1. The first kappa shape index (κ1) is 14.3. The Hall–Kier alpha value is -1.16. The molecule has 0 bridgehead atoms. The normalized spacial score (nSPS) is 27.7. The lowest BCUT2D eigenvalue weighted by atomic mass is 9.73. The third-order valence-electron chi connectivity index (χ3n) is 4.63. The predicted molar refractivity (Wildman–Crippen MR) is 76.3 cm³/mol. The number of rotatable bonds is 4. The molecule has 1 heterocycles. The minimum atomic E-state index is -0.334. The van der Waals surface area contributed by atoms with E-state index in [4.69, 9.17) is 0 Å². The van der Waals surface area contributed by atoms with Gasteiger partial charge >= 0.3 is 0 Å². The summed E-state index contributed by atoms with van der Waals surface area (Å²) in [5.41, 5.74) is 0.421. The fraction of sp³-hybridized carbons (Fsp3) is 0.733. The van der Waals surface area contributed by atoms with Crippen molar-refractivity contribution in [3.63, 3.8) is 0 Å². The molecular formula is C15H25N3O. The highest BCUT2D eigenvalue weighted by Gasteiger charge is 2.44. The molecular weight excluding hydrogens is 238 g/mol. The summed E-state index contributed by atoms with van der Waals surface area (Å²) < 4.78 is 1.81. The molecule has 1 aliphatic rings. The summed E-state index contributed by atoms with van der Waals surface area (Å²) in [7, 11) is 4.06. The molecule has 0 aliphatic heterocycles. The van der Waals surface area contributed by atoms with Crippen molar-refractivity contribution >= 4 is 5.78 Å². The number of hydrogen-bond donors (Lipinski definition) is 0. The van der Waals surface area contributed by atoms with Crippen LogP contribution in [-0.4, -0.2) is 40.1 Å². The van der Waals surface area contributed by atoms with Crippen LogP contribution in [0.1, 0.15) is 50.0 Å². The molecule has 0 amide bonds. The Morgan fingerprint density at radius 3 is 2.63 bits per heavy atom. The maximum atomic E-state index is 13.0. The molecule has 19 heavy (non-hydrogen) atoms. The van der Waals surface area contributed by atoms with Gasteiger partial charge in [-0.1, -0.05) is 6.92 Å². The van der Waals surface area contributed by atoms with Gasteiger partial charge in [-0.2, -0.15) is 5.10 Å². The molecule has 1 saturated carbocycles. The van der Waals surface area contributed by atoms with Gasteiger partial charge in [-0.15, -0.1) is 0 Å². The van der Waals surface area contributed by atoms with Gasteiger partial charge in [0.2, 0.25) is 5.78 Å². The van der Waals surface area contributed by atoms with Crippen molar-refractivity contribution in [1.29, 1.82) is 0 Å². The Morgan fingerprint density at radius 1 is 1.47 bits per heavy atom. The quantitative estimate of drug-likeness (QED) is 0.784. The molecule has 0 atom stereocenters. The lowest BCUT2D eigenvalue weighted by Crippen LogP contribution is -2.53. The zero-order chi connectivity index (χ0) is 14.0. The van der Waals surface area contributed by atoms with E-state index in [-0.39, 0.29) is 11.3 Å². The van der Waals surface area contributed by atoms with Crippen LogP contribution in [0.3, 0.4) is 0 Å². The summed E-state index contributed by atoms with van der Waals surface area (Å²) >= 11 is 0. The average molecular weight is 263 g/mol. The van der Waals surface area contributed by atoms with E-state index >= 15 is 0 Å². The van der Waals surface area contributed by atoms with E-state index in [0.29, 0.717) is 0 Å². The minimum absolute atomic E-state index is 0.240. The summed E-state index contributed by atoms with van der Waals surface area (Å²) in [4.78, 5) is 15.1. The number of ketones is 1. The van der Waals surface area contributed by atoms with Crippen molar-refractivity contribution in [2.45, 2.75) is 51.6 Å². The Morgan fingerprint density at radius 2 is 2.11 bits per heavy atom. The maximum absolute atomic E-state index is 13.0. The van der Waals surface area contributed by atoms with E-state index in [1.807, 2.05) is 31.8 Å². The summed E-state index contributed by atoms with van der Waals surface area (Å²) in [6, 6.07) is 1.86. The molecule has 0 aromatic carbocycles. The SMILES string of the molecule is CCn1nccc1C(=O)C1(N(C)C)CCC(C)CC1. The predicted octanol–water partition coefficient (Wildman–Crippen LogP) is 2.60. The third-order valence-corrected chi connectivity index (χ3v) is 4.63. The summed E-state index contributed by atoms with van der Waals surface area (Å²) in [6.45, 7) is 5.05. The van der Waals surface area contributed by atoms with Gasteiger partial charge in [-0.05, 0) is 58.7 Å². The van der Waals surface area contributed by atoms with Crippen molar-refractivity contribution in [3.8, 4) is 0 Å². The molecule has 0 radical (unpaired) electrons. The molecule has 0 N–H and O–H groups in total. The Labute approximate surface area is 115 Å². The van der Waals surface area contributed by atoms with Crippen LogP contribution in [0.2, 0.25) is 0 Å². The van der Waals surface area contributed by atoms with Crippen molar-refractivity contribution in [3.05, 3.63) is 18.0 Å². The first-order chi connectivity index (χ1) is 9.01. The van der Waals surface area contributed by atoms with Gasteiger partial charge in [0.15, 0.2) is 0 Å². The summed E-state index contributed by atoms with van der Waals surface area (Å²) in [5, 5.41) is 4.23. The van der Waals surface area contributed by atoms with Crippen LogP contribution < -0.4 is 0 Å². The second kappa shape index (κ2) is 5.45. The number of aryl methyl sites for hydroxylation is 1. The van der Waals surface area contributed by atoms with Crippen LogP contribution in [0.25, 0.3) is 0 Å². The van der Waals surface area contributed by atoms with E-state index in [2.05, 4.69) is 16.9 Å². The third kappa shape index (κ3) is 2.46. The van der Waals surface area contributed by atoms with Crippen LogP contribution in [0.15, 0.2) is 12.3 Å². The molecule has 0 spiro atoms. The van der Waals surface area contributed by atoms with Crippen LogP contribution in [0.5, 0.6) is 0 Å². The zero-order valence-corrected chi connectivity index (χ0v) is 12.5. The molecule has 1 aromatic heterocycles. The second-order valence-corrected chi connectivity index (χ2v) is 5.97. The Kier molecular flexibility index (Phi) is 4.09. The molecule has 106 valence electrons. The van der Waals surface area contributed by atoms with Gasteiger partial charge in [0, 0.05) is 12.7 Å². The summed E-state index contributed by atoms with van der Waals surface area (Å²) in [6.07, 6.45) is 5.89. The molecule has 4 nitrogen and oxygen atoms in total. The van der Waals surface area contributed by atoms with Crippen LogP contribution in [0, 0.1) is 5.92 Å². The number of carbonyl (C=O) groups excluding carboxylic acids is 1. The van der Waals surface area contributed by atoms with E-state index in [9.17, 15) is 4.79 Å². The maximum Gasteiger partial charge on any atom is 0.200 e. The van der Waals surface area contributed by atoms with Gasteiger partial charge in [0.1, 0.15) is 5.69 Å². The molecule has 0 saturated heterocycles. The zero-order valence-electron chi connectivity index (χ0n) is 12.5. The Bertz CT molecular complexity index is 442. The van der Waals surface area contributed by atoms with Gasteiger partial charge < -0.3 is 0 Å². The van der Waals surface area contributed by atoms with Gasteiger partial charge in [-0.25, -0.2) is 0 Å². The largest absolute Gasteiger partial charge is 0.297 e. The standard InChI is InChI=1S/C15H25N3O/c1-5-18-13(8-11-16-18)14(19)15(17(3)4)9-6-12(2)7-10-15/h8,11-12H,5-7,9-10H2,1-4H3. The van der Waals surface area contributed by atoms with Crippen molar-refractivity contribution in [2.75, 3.05) is 14.1 Å². The second-order valence-electron chi connectivity index (χ2n) is 5.97. The molecule has 4 heteroatoms. The van der Waals surface area contributed by atoms with Crippen molar-refractivity contribution in [1.82, 2.24) is 14.7 Å². The van der Waals surface area contributed by atoms with Crippen LogP contribution in [-0.2, 0) is 6.54 Å². The molecule has 0 unspecified atom stereocenters. The van der Waals surface area contributed by atoms with Crippen LogP contribution >= 0.6 is 0 Å². The number of hydrogen-bond acceptors (Lipinski definition) is 3. The van der Waals surface area contributed by atoms with Gasteiger partial charge in [0.05, 0.1) is 5.54 Å². The van der Waals surface area contributed by atoms with Crippen LogP contribution in [0.4, 0.5) is 0 Å². The number of likely N-dealkylation sites (N-methyl/N-ethyl adjacent to an activating group) is 1. The van der Waals surface area contributed by atoms with Crippen molar-refractivity contribution in [2.24, 2.45) is 5.92 Å². The van der Waals surface area contributed by atoms with Gasteiger partial charge in [0.25, 0.3) is 0 Å². The topological polar surface area (TPSA) is 38.1 Å². The average Bonchev–Trinajstić information content (AvgIpc) is 2.87. The molecule has 1 fully saturated rings. The Balaban J connectivity index is 2.32. The fourth-order valence-electron chi connectivity index (χ4n) is 3.13. The first-order valence-corrected chi connectivity index (χ1v) is 7.25. The molecule has 1 aliphatic carbocycles.